The molecule has 0 aliphatic carbocycles. The number of rotatable bonds is 4. The highest BCUT2D eigenvalue weighted by atomic mass is 15.4. The van der Waals surface area contributed by atoms with E-state index in [0.717, 1.165) is 22.7 Å². The number of hydrogen-bond acceptors (Lipinski definition) is 4. The van der Waals surface area contributed by atoms with Gasteiger partial charge in [0.15, 0.2) is 0 Å². The van der Waals surface area contributed by atoms with Crippen molar-refractivity contribution < 1.29 is 0 Å². The number of nitrogens with zero attached hydrogens (tertiary/aromatic N) is 3. The maximum atomic E-state index is 4.39. The van der Waals surface area contributed by atoms with Gasteiger partial charge in [0, 0.05) is 11.4 Å². The first-order valence-electron chi connectivity index (χ1n) is 7.18. The lowest BCUT2D eigenvalue weighted by Crippen LogP contribution is -2.04. The summed E-state index contributed by atoms with van der Waals surface area (Å²) in [5, 5.41) is 4.39. The molecule has 2 aromatic rings. The number of benzene rings is 1. The first-order chi connectivity index (χ1) is 9.95. The molecule has 21 heavy (non-hydrogen) atoms. The van der Waals surface area contributed by atoms with Crippen LogP contribution in [-0.2, 0) is 0 Å². The molecule has 1 aromatic carbocycles. The first kappa shape index (κ1) is 15.2. The van der Waals surface area contributed by atoms with E-state index in [1.165, 1.54) is 5.56 Å². The lowest BCUT2D eigenvalue weighted by Gasteiger charge is -2.08. The largest absolute Gasteiger partial charge is 0.245 e. The summed E-state index contributed by atoms with van der Waals surface area (Å²) in [6, 6.07) is 10.4. The van der Waals surface area contributed by atoms with Crippen LogP contribution in [0.1, 0.15) is 49.2 Å². The molecule has 0 aliphatic heterocycles. The maximum Gasteiger partial charge on any atom is 0.243 e. The molecule has 0 aliphatic rings. The van der Waals surface area contributed by atoms with Crippen molar-refractivity contribution in [3.8, 4) is 0 Å². The van der Waals surface area contributed by atoms with Crippen molar-refractivity contribution in [3.05, 3.63) is 52.8 Å². The average Bonchev–Trinajstić information content (AvgIpc) is 2.44. The summed E-state index contributed by atoms with van der Waals surface area (Å²) in [6.07, 6.45) is 0. The van der Waals surface area contributed by atoms with Gasteiger partial charge in [0.1, 0.15) is 0 Å². The molecular weight excluding hydrogens is 260 g/mol. The van der Waals surface area contributed by atoms with Gasteiger partial charge in [0.05, 0.1) is 5.71 Å². The molecule has 0 atom stereocenters. The second-order valence-corrected chi connectivity index (χ2v) is 5.56. The molecule has 0 spiro atoms. The zero-order chi connectivity index (χ0) is 15.4. The fourth-order valence-electron chi connectivity index (χ4n) is 2.10. The van der Waals surface area contributed by atoms with Crippen LogP contribution in [0.2, 0.25) is 0 Å². The fraction of sp³-hybridized carbons (Fsp3) is 0.353. The van der Waals surface area contributed by atoms with Gasteiger partial charge in [-0.15, -0.1) is 0 Å². The van der Waals surface area contributed by atoms with Crippen molar-refractivity contribution in [2.45, 2.75) is 40.5 Å². The summed E-state index contributed by atoms with van der Waals surface area (Å²) in [6.45, 7) is 10.3. The summed E-state index contributed by atoms with van der Waals surface area (Å²) in [7, 11) is 0. The average molecular weight is 282 g/mol. The number of hydrazone groups is 1. The van der Waals surface area contributed by atoms with E-state index in [1.807, 2.05) is 26.8 Å². The minimum atomic E-state index is 0.508. The molecule has 4 heteroatoms. The third kappa shape index (κ3) is 4.12. The summed E-state index contributed by atoms with van der Waals surface area (Å²) < 4.78 is 0. The van der Waals surface area contributed by atoms with Crippen LogP contribution in [0.25, 0.3) is 0 Å². The van der Waals surface area contributed by atoms with Crippen molar-refractivity contribution in [1.29, 1.82) is 0 Å². The molecule has 0 fully saturated rings. The second kappa shape index (κ2) is 6.48. The Morgan fingerprint density at radius 1 is 1.10 bits per heavy atom. The summed E-state index contributed by atoms with van der Waals surface area (Å²) >= 11 is 0. The number of aryl methyl sites for hydroxylation is 2. The molecule has 0 saturated carbocycles. The quantitative estimate of drug-likeness (QED) is 0.679. The minimum absolute atomic E-state index is 0.508. The third-order valence-electron chi connectivity index (χ3n) is 3.28. The van der Waals surface area contributed by atoms with Gasteiger partial charge in [-0.05, 0) is 49.9 Å². The second-order valence-electron chi connectivity index (χ2n) is 5.56. The molecule has 1 heterocycles. The van der Waals surface area contributed by atoms with Gasteiger partial charge in [-0.1, -0.05) is 32.0 Å². The maximum absolute atomic E-state index is 4.39. The van der Waals surface area contributed by atoms with E-state index < -0.39 is 0 Å². The highest BCUT2D eigenvalue weighted by Crippen LogP contribution is 2.16. The van der Waals surface area contributed by atoms with Gasteiger partial charge in [0.2, 0.25) is 5.95 Å². The van der Waals surface area contributed by atoms with Crippen LogP contribution in [-0.4, -0.2) is 15.7 Å². The predicted octanol–water partition coefficient (Wildman–Crippen LogP) is 4.05. The molecular formula is C17H22N4. The molecule has 4 nitrogen and oxygen atoms in total. The highest BCUT2D eigenvalue weighted by Gasteiger charge is 2.03. The molecule has 1 aromatic heterocycles. The van der Waals surface area contributed by atoms with Crippen LogP contribution < -0.4 is 5.43 Å². The van der Waals surface area contributed by atoms with Gasteiger partial charge in [0.25, 0.3) is 0 Å². The summed E-state index contributed by atoms with van der Waals surface area (Å²) in [4.78, 5) is 8.63. The van der Waals surface area contributed by atoms with E-state index in [2.05, 4.69) is 58.6 Å². The van der Waals surface area contributed by atoms with Gasteiger partial charge < -0.3 is 0 Å². The standard InChI is InChI=1S/C17H22N4/c1-11(2)15-7-6-8-16(10-15)14(5)20-21-17-18-12(3)9-13(4)19-17/h6-11H,1-5H3,(H,18,19,21). The lowest BCUT2D eigenvalue weighted by molar-refractivity contribution is 0.866. The van der Waals surface area contributed by atoms with E-state index >= 15 is 0 Å². The highest BCUT2D eigenvalue weighted by molar-refractivity contribution is 5.99. The number of nitrogens with one attached hydrogen (secondary N) is 1. The van der Waals surface area contributed by atoms with E-state index in [0.29, 0.717) is 11.9 Å². The fourth-order valence-corrected chi connectivity index (χ4v) is 2.10. The molecule has 110 valence electrons. The van der Waals surface area contributed by atoms with Crippen LogP contribution in [0.3, 0.4) is 0 Å². The third-order valence-corrected chi connectivity index (χ3v) is 3.28. The molecule has 0 radical (unpaired) electrons. The number of hydrogen-bond donors (Lipinski definition) is 1. The normalized spacial score (nSPS) is 11.8. The minimum Gasteiger partial charge on any atom is -0.245 e. The van der Waals surface area contributed by atoms with E-state index in [-0.39, 0.29) is 0 Å². The van der Waals surface area contributed by atoms with Crippen molar-refractivity contribution >= 4 is 11.7 Å². The van der Waals surface area contributed by atoms with Crippen molar-refractivity contribution in [2.75, 3.05) is 5.43 Å². The van der Waals surface area contributed by atoms with Gasteiger partial charge >= 0.3 is 0 Å². The zero-order valence-electron chi connectivity index (χ0n) is 13.3. The molecule has 0 unspecified atom stereocenters. The Morgan fingerprint density at radius 3 is 2.38 bits per heavy atom. The van der Waals surface area contributed by atoms with Crippen molar-refractivity contribution in [1.82, 2.24) is 9.97 Å². The van der Waals surface area contributed by atoms with Crippen LogP contribution in [0.5, 0.6) is 0 Å². The molecule has 0 amide bonds. The first-order valence-corrected chi connectivity index (χ1v) is 7.18. The van der Waals surface area contributed by atoms with Gasteiger partial charge in [-0.3, -0.25) is 0 Å². The monoisotopic (exact) mass is 282 g/mol. The Hall–Kier alpha value is -2.23. The SMILES string of the molecule is CC(=NNc1nc(C)cc(C)n1)c1cccc(C(C)C)c1. The topological polar surface area (TPSA) is 50.2 Å². The smallest absolute Gasteiger partial charge is 0.243 e. The number of aromatic nitrogens is 2. The Balaban J connectivity index is 2.19. The van der Waals surface area contributed by atoms with Crippen LogP contribution in [0, 0.1) is 13.8 Å². The molecule has 0 saturated heterocycles. The summed E-state index contributed by atoms with van der Waals surface area (Å²) in [5.74, 6) is 1.04. The Morgan fingerprint density at radius 2 is 1.76 bits per heavy atom. The Labute approximate surface area is 126 Å². The van der Waals surface area contributed by atoms with Crippen LogP contribution in [0.4, 0.5) is 5.95 Å². The summed E-state index contributed by atoms with van der Waals surface area (Å²) in [5.41, 5.74) is 8.14. The predicted molar refractivity (Wildman–Crippen MR) is 87.9 cm³/mol. The van der Waals surface area contributed by atoms with Crippen molar-refractivity contribution in [2.24, 2.45) is 5.10 Å². The Kier molecular flexibility index (Phi) is 4.68. The molecule has 2 rings (SSSR count). The number of anilines is 1. The van der Waals surface area contributed by atoms with Crippen LogP contribution >= 0.6 is 0 Å². The van der Waals surface area contributed by atoms with Gasteiger partial charge in [-0.2, -0.15) is 5.10 Å². The molecule has 1 N–H and O–H groups in total. The lowest BCUT2D eigenvalue weighted by atomic mass is 9.99. The van der Waals surface area contributed by atoms with Gasteiger partial charge in [-0.25, -0.2) is 15.4 Å². The van der Waals surface area contributed by atoms with Crippen LogP contribution in [0.15, 0.2) is 35.4 Å². The van der Waals surface area contributed by atoms with Crippen molar-refractivity contribution in [3.63, 3.8) is 0 Å². The van der Waals surface area contributed by atoms with E-state index in [1.54, 1.807) is 0 Å². The zero-order valence-corrected chi connectivity index (χ0v) is 13.3. The Bertz CT molecular complexity index is 639. The molecule has 0 bridgehead atoms. The van der Waals surface area contributed by atoms with E-state index in [9.17, 15) is 0 Å². The van der Waals surface area contributed by atoms with E-state index in [4.69, 9.17) is 0 Å².